The molecule has 2 atom stereocenters. The molecule has 0 aromatic carbocycles. The van der Waals surface area contributed by atoms with Crippen LogP contribution < -0.4 is 0 Å². The Morgan fingerprint density at radius 2 is 1.50 bits per heavy atom. The van der Waals surface area contributed by atoms with Crippen molar-refractivity contribution in [1.82, 2.24) is 0 Å². The van der Waals surface area contributed by atoms with Crippen LogP contribution in [-0.2, 0) is 0 Å². The Labute approximate surface area is 43.5 Å². The summed E-state index contributed by atoms with van der Waals surface area (Å²) in [6, 6.07) is 0. The monoisotopic (exact) mass is 127 g/mol. The summed E-state index contributed by atoms with van der Waals surface area (Å²) in [6.45, 7) is 0. The number of halogens is 4. The highest BCUT2D eigenvalue weighted by atomic mass is 19.3. The van der Waals surface area contributed by atoms with E-state index in [0.29, 0.717) is 6.42 Å². The Hall–Kier alpha value is -0.280. The molecule has 1 rings (SSSR count). The fraction of sp³-hybridized carbons (Fsp3) is 0.750. The van der Waals surface area contributed by atoms with Crippen LogP contribution in [0.15, 0.2) is 0 Å². The molecule has 1 fully saturated rings. The van der Waals surface area contributed by atoms with Gasteiger partial charge in [0.15, 0.2) is 12.3 Å². The van der Waals surface area contributed by atoms with E-state index in [4.69, 9.17) is 0 Å². The van der Waals surface area contributed by atoms with Crippen molar-refractivity contribution in [3.63, 3.8) is 0 Å². The second kappa shape index (κ2) is 1.36. The zero-order valence-corrected chi connectivity index (χ0v) is 3.74. The van der Waals surface area contributed by atoms with Crippen LogP contribution in [-0.4, -0.2) is 18.3 Å². The van der Waals surface area contributed by atoms with Crippen LogP contribution in [0.1, 0.15) is 0 Å². The maximum absolute atomic E-state index is 11.5. The van der Waals surface area contributed by atoms with Crippen molar-refractivity contribution >= 4 is 0 Å². The lowest BCUT2D eigenvalue weighted by Gasteiger charge is -2.33. The minimum absolute atomic E-state index is 0.333. The van der Waals surface area contributed by atoms with Gasteiger partial charge in [-0.1, -0.05) is 0 Å². The van der Waals surface area contributed by atoms with Crippen molar-refractivity contribution in [2.24, 2.45) is 0 Å². The van der Waals surface area contributed by atoms with E-state index in [2.05, 4.69) is 0 Å². The summed E-state index contributed by atoms with van der Waals surface area (Å²) >= 11 is 0. The molecule has 1 aliphatic carbocycles. The molecule has 2 unspecified atom stereocenters. The molecule has 1 saturated carbocycles. The lowest BCUT2D eigenvalue weighted by Crippen LogP contribution is -2.53. The first kappa shape index (κ1) is 5.85. The van der Waals surface area contributed by atoms with Crippen molar-refractivity contribution in [2.75, 3.05) is 0 Å². The smallest absolute Gasteiger partial charge is 0.240 e. The van der Waals surface area contributed by atoms with E-state index in [1.165, 1.54) is 0 Å². The molecule has 0 nitrogen and oxygen atoms in total. The topological polar surface area (TPSA) is 0 Å². The molecule has 0 amide bonds. The highest BCUT2D eigenvalue weighted by Crippen LogP contribution is 2.41. The lowest BCUT2D eigenvalue weighted by molar-refractivity contribution is -0.161. The van der Waals surface area contributed by atoms with Gasteiger partial charge in [0.1, 0.15) is 0 Å². The summed E-state index contributed by atoms with van der Waals surface area (Å²) in [6.07, 6.45) is -4.42. The number of rotatable bonds is 0. The molecular weight excluding hydrogens is 124 g/mol. The minimum atomic E-state index is -3.75. The van der Waals surface area contributed by atoms with E-state index >= 15 is 0 Å². The van der Waals surface area contributed by atoms with Gasteiger partial charge in [0, 0.05) is 6.42 Å². The van der Waals surface area contributed by atoms with Crippen LogP contribution in [0.4, 0.5) is 17.6 Å². The third kappa shape index (κ3) is 0.516. The molecule has 0 aromatic heterocycles. The summed E-state index contributed by atoms with van der Waals surface area (Å²) in [5, 5.41) is 0. The maximum Gasteiger partial charge on any atom is 0.309 e. The quantitative estimate of drug-likeness (QED) is 0.433. The molecule has 8 heavy (non-hydrogen) atoms. The fourth-order valence-electron chi connectivity index (χ4n) is 0.438. The largest absolute Gasteiger partial charge is 0.309 e. The van der Waals surface area contributed by atoms with Gasteiger partial charge in [-0.15, -0.1) is 0 Å². The molecule has 0 bridgehead atoms. The van der Waals surface area contributed by atoms with Crippen LogP contribution in [0.5, 0.6) is 0 Å². The van der Waals surface area contributed by atoms with Crippen molar-refractivity contribution < 1.29 is 17.6 Å². The molecule has 4 heteroatoms. The third-order valence-electron chi connectivity index (χ3n) is 1.07. The van der Waals surface area contributed by atoms with Gasteiger partial charge in [-0.3, -0.25) is 0 Å². The third-order valence-corrected chi connectivity index (χ3v) is 1.07. The van der Waals surface area contributed by atoms with Crippen LogP contribution in [0.25, 0.3) is 0 Å². The molecule has 1 radical (unpaired) electrons. The molecule has 47 valence electrons. The SMILES string of the molecule is FC1[CH]C(F)C1(F)F. The van der Waals surface area contributed by atoms with Crippen LogP contribution in [0, 0.1) is 6.42 Å². The Morgan fingerprint density at radius 3 is 1.50 bits per heavy atom. The van der Waals surface area contributed by atoms with Gasteiger partial charge < -0.3 is 0 Å². The van der Waals surface area contributed by atoms with E-state index < -0.39 is 18.3 Å². The summed E-state index contributed by atoms with van der Waals surface area (Å²) in [4.78, 5) is 0. The summed E-state index contributed by atoms with van der Waals surface area (Å²) in [5.41, 5.74) is 0. The molecule has 0 saturated heterocycles. The number of hydrogen-bond acceptors (Lipinski definition) is 0. The Kier molecular flexibility index (Phi) is 0.994. The highest BCUT2D eigenvalue weighted by molar-refractivity contribution is 5.12. The van der Waals surface area contributed by atoms with Crippen LogP contribution in [0.2, 0.25) is 0 Å². The van der Waals surface area contributed by atoms with Crippen LogP contribution >= 0.6 is 0 Å². The van der Waals surface area contributed by atoms with Gasteiger partial charge in [0.05, 0.1) is 0 Å². The molecule has 0 aromatic rings. The average Bonchev–Trinajstić information content (AvgIpc) is 1.68. The lowest BCUT2D eigenvalue weighted by atomic mass is 9.90. The van der Waals surface area contributed by atoms with E-state index in [1.807, 2.05) is 0 Å². The molecule has 0 aliphatic heterocycles. The molecule has 0 N–H and O–H groups in total. The highest BCUT2D eigenvalue weighted by Gasteiger charge is 2.59. The van der Waals surface area contributed by atoms with Gasteiger partial charge >= 0.3 is 5.92 Å². The standard InChI is InChI=1S/C4H3F4/c5-2-1-3(6)4(2,7)8/h1-3H. The first-order chi connectivity index (χ1) is 3.55. The predicted molar refractivity (Wildman–Crippen MR) is 19.0 cm³/mol. The van der Waals surface area contributed by atoms with E-state index in [1.54, 1.807) is 0 Å². The maximum atomic E-state index is 11.5. The fourth-order valence-corrected chi connectivity index (χ4v) is 0.438. The van der Waals surface area contributed by atoms with Gasteiger partial charge in [-0.25, -0.2) is 17.6 Å². The van der Waals surface area contributed by atoms with Crippen molar-refractivity contribution in [3.05, 3.63) is 6.42 Å². The first-order valence-electron chi connectivity index (χ1n) is 2.06. The first-order valence-corrected chi connectivity index (χ1v) is 2.06. The number of hydrogen-bond donors (Lipinski definition) is 0. The molecular formula is C4H3F4. The van der Waals surface area contributed by atoms with Gasteiger partial charge in [-0.05, 0) is 0 Å². The summed E-state index contributed by atoms with van der Waals surface area (Å²) in [7, 11) is 0. The minimum Gasteiger partial charge on any atom is -0.240 e. The van der Waals surface area contributed by atoms with E-state index in [0.717, 1.165) is 0 Å². The Morgan fingerprint density at radius 1 is 1.12 bits per heavy atom. The van der Waals surface area contributed by atoms with Crippen molar-refractivity contribution in [1.29, 1.82) is 0 Å². The number of alkyl halides is 4. The Balaban J connectivity index is 2.52. The van der Waals surface area contributed by atoms with E-state index in [-0.39, 0.29) is 0 Å². The average molecular weight is 127 g/mol. The van der Waals surface area contributed by atoms with Crippen molar-refractivity contribution in [3.8, 4) is 0 Å². The normalized spacial score (nSPS) is 43.5. The Bertz CT molecular complexity index is 90.2. The van der Waals surface area contributed by atoms with E-state index in [9.17, 15) is 17.6 Å². The van der Waals surface area contributed by atoms with Gasteiger partial charge in [0.2, 0.25) is 0 Å². The zero-order chi connectivity index (χ0) is 6.36. The van der Waals surface area contributed by atoms with Crippen LogP contribution in [0.3, 0.4) is 0 Å². The molecule has 0 spiro atoms. The molecule has 0 heterocycles. The zero-order valence-electron chi connectivity index (χ0n) is 3.74. The van der Waals surface area contributed by atoms with Crippen molar-refractivity contribution in [2.45, 2.75) is 18.3 Å². The molecule has 1 aliphatic rings. The second-order valence-electron chi connectivity index (χ2n) is 1.67. The summed E-state index contributed by atoms with van der Waals surface area (Å²) in [5.74, 6) is -3.75. The predicted octanol–water partition coefficient (Wildman–Crippen LogP) is 1.52. The summed E-state index contributed by atoms with van der Waals surface area (Å²) < 4.78 is 46.1. The van der Waals surface area contributed by atoms with Gasteiger partial charge in [-0.2, -0.15) is 0 Å². The van der Waals surface area contributed by atoms with Gasteiger partial charge in [0.25, 0.3) is 0 Å². The second-order valence-corrected chi connectivity index (χ2v) is 1.67.